The van der Waals surface area contributed by atoms with Gasteiger partial charge in [-0.1, -0.05) is 24.3 Å². The standard InChI is InChI=1S/C20H20F4N2O/c21-18-7-2-1-4-15(18)13-26-10-8-14(9-11-26)19(27)25-17-6-3-5-16(12-17)20(22,23)24/h1-7,12,14H,8-11,13H2,(H,25,27). The molecule has 1 saturated heterocycles. The van der Waals surface area contributed by atoms with E-state index in [0.29, 0.717) is 38.0 Å². The molecule has 1 aliphatic rings. The number of hydrogen-bond acceptors (Lipinski definition) is 2. The van der Waals surface area contributed by atoms with Crippen molar-refractivity contribution in [3.8, 4) is 0 Å². The summed E-state index contributed by atoms with van der Waals surface area (Å²) < 4.78 is 52.0. The number of benzene rings is 2. The van der Waals surface area contributed by atoms with Gasteiger partial charge in [-0.25, -0.2) is 4.39 Å². The molecule has 1 N–H and O–H groups in total. The van der Waals surface area contributed by atoms with Crippen molar-refractivity contribution in [1.29, 1.82) is 0 Å². The maximum Gasteiger partial charge on any atom is 0.416 e. The number of nitrogens with one attached hydrogen (secondary N) is 1. The SMILES string of the molecule is O=C(Nc1cccc(C(F)(F)F)c1)C1CCN(Cc2ccccc2F)CC1. The molecule has 3 nitrogen and oxygen atoms in total. The van der Waals surface area contributed by atoms with Crippen LogP contribution in [0, 0.1) is 11.7 Å². The number of anilines is 1. The van der Waals surface area contributed by atoms with Crippen LogP contribution in [0.4, 0.5) is 23.2 Å². The minimum Gasteiger partial charge on any atom is -0.326 e. The number of hydrogen-bond donors (Lipinski definition) is 1. The van der Waals surface area contributed by atoms with Gasteiger partial charge in [-0.3, -0.25) is 9.69 Å². The minimum absolute atomic E-state index is 0.142. The molecule has 0 unspecified atom stereocenters. The number of likely N-dealkylation sites (tertiary alicyclic amines) is 1. The fourth-order valence-electron chi connectivity index (χ4n) is 3.24. The molecule has 1 aliphatic heterocycles. The Kier molecular flexibility index (Phi) is 5.79. The lowest BCUT2D eigenvalue weighted by atomic mass is 9.95. The topological polar surface area (TPSA) is 32.3 Å². The van der Waals surface area contributed by atoms with Gasteiger partial charge in [0.25, 0.3) is 0 Å². The van der Waals surface area contributed by atoms with Gasteiger partial charge in [0.2, 0.25) is 5.91 Å². The summed E-state index contributed by atoms with van der Waals surface area (Å²) in [6.45, 7) is 1.75. The highest BCUT2D eigenvalue weighted by molar-refractivity contribution is 5.92. The molecule has 0 saturated carbocycles. The van der Waals surface area contributed by atoms with Gasteiger partial charge in [0.05, 0.1) is 5.56 Å². The van der Waals surface area contributed by atoms with Crippen LogP contribution in [-0.2, 0) is 17.5 Å². The van der Waals surface area contributed by atoms with Crippen LogP contribution in [0.3, 0.4) is 0 Å². The number of amides is 1. The van der Waals surface area contributed by atoms with Crippen molar-refractivity contribution in [1.82, 2.24) is 4.90 Å². The van der Waals surface area contributed by atoms with E-state index in [2.05, 4.69) is 10.2 Å². The third kappa shape index (κ3) is 5.07. The summed E-state index contributed by atoms with van der Waals surface area (Å²) in [6, 6.07) is 11.2. The first-order valence-corrected chi connectivity index (χ1v) is 8.77. The predicted molar refractivity (Wildman–Crippen MR) is 94.5 cm³/mol. The van der Waals surface area contributed by atoms with Crippen LogP contribution in [0.5, 0.6) is 0 Å². The number of rotatable bonds is 4. The van der Waals surface area contributed by atoms with Gasteiger partial charge < -0.3 is 5.32 Å². The number of piperidine rings is 1. The average Bonchev–Trinajstić information content (AvgIpc) is 2.64. The Balaban J connectivity index is 1.54. The molecule has 1 heterocycles. The molecule has 0 bridgehead atoms. The molecule has 3 rings (SSSR count). The van der Waals surface area contributed by atoms with Crippen LogP contribution < -0.4 is 5.32 Å². The molecular weight excluding hydrogens is 360 g/mol. The molecule has 2 aromatic rings. The Morgan fingerprint density at radius 1 is 1.07 bits per heavy atom. The Hall–Kier alpha value is -2.41. The van der Waals surface area contributed by atoms with Gasteiger partial charge in [-0.05, 0) is 50.2 Å². The molecule has 0 aromatic heterocycles. The van der Waals surface area contributed by atoms with Crippen molar-refractivity contribution in [3.05, 3.63) is 65.5 Å². The normalized spacial score (nSPS) is 16.3. The molecule has 0 atom stereocenters. The van der Waals surface area contributed by atoms with Gasteiger partial charge in [-0.2, -0.15) is 13.2 Å². The van der Waals surface area contributed by atoms with Crippen molar-refractivity contribution in [2.24, 2.45) is 5.92 Å². The molecule has 0 aliphatic carbocycles. The number of carbonyl (C=O) groups is 1. The van der Waals surface area contributed by atoms with Crippen molar-refractivity contribution >= 4 is 11.6 Å². The molecule has 7 heteroatoms. The van der Waals surface area contributed by atoms with E-state index in [0.717, 1.165) is 12.1 Å². The van der Waals surface area contributed by atoms with Gasteiger partial charge in [0.15, 0.2) is 0 Å². The Morgan fingerprint density at radius 2 is 1.78 bits per heavy atom. The second kappa shape index (κ2) is 8.08. The third-order valence-electron chi connectivity index (χ3n) is 4.77. The zero-order valence-electron chi connectivity index (χ0n) is 14.6. The van der Waals surface area contributed by atoms with E-state index in [1.807, 2.05) is 0 Å². The van der Waals surface area contributed by atoms with E-state index in [-0.39, 0.29) is 23.3 Å². The lowest BCUT2D eigenvalue weighted by molar-refractivity contribution is -0.137. The highest BCUT2D eigenvalue weighted by Gasteiger charge is 2.31. The van der Waals surface area contributed by atoms with E-state index in [1.165, 1.54) is 18.2 Å². The number of alkyl halides is 3. The molecule has 1 amide bonds. The summed E-state index contributed by atoms with van der Waals surface area (Å²) >= 11 is 0. The lowest BCUT2D eigenvalue weighted by Gasteiger charge is -2.31. The van der Waals surface area contributed by atoms with E-state index in [9.17, 15) is 22.4 Å². The molecule has 27 heavy (non-hydrogen) atoms. The summed E-state index contributed by atoms with van der Waals surface area (Å²) in [5.41, 5.74) is -0.0343. The second-order valence-corrected chi connectivity index (χ2v) is 6.71. The van der Waals surface area contributed by atoms with Crippen LogP contribution in [0.2, 0.25) is 0 Å². The minimum atomic E-state index is -4.45. The maximum atomic E-state index is 13.7. The monoisotopic (exact) mass is 380 g/mol. The predicted octanol–water partition coefficient (Wildman–Crippen LogP) is 4.70. The Morgan fingerprint density at radius 3 is 2.44 bits per heavy atom. The zero-order chi connectivity index (χ0) is 19.4. The quantitative estimate of drug-likeness (QED) is 0.780. The highest BCUT2D eigenvalue weighted by Crippen LogP contribution is 2.31. The van der Waals surface area contributed by atoms with Gasteiger partial charge in [0.1, 0.15) is 5.82 Å². The smallest absolute Gasteiger partial charge is 0.326 e. The molecule has 2 aromatic carbocycles. The summed E-state index contributed by atoms with van der Waals surface area (Å²) in [6.07, 6.45) is -3.28. The van der Waals surface area contributed by atoms with Crippen LogP contribution in [0.15, 0.2) is 48.5 Å². The number of nitrogens with zero attached hydrogens (tertiary/aromatic N) is 1. The van der Waals surface area contributed by atoms with E-state index in [4.69, 9.17) is 0 Å². The average molecular weight is 380 g/mol. The van der Waals surface area contributed by atoms with E-state index < -0.39 is 11.7 Å². The van der Waals surface area contributed by atoms with Crippen LogP contribution in [0.1, 0.15) is 24.0 Å². The number of carbonyl (C=O) groups excluding carboxylic acids is 1. The molecule has 144 valence electrons. The van der Waals surface area contributed by atoms with Crippen LogP contribution in [0.25, 0.3) is 0 Å². The molecule has 0 spiro atoms. The Bertz CT molecular complexity index is 799. The van der Waals surface area contributed by atoms with Gasteiger partial charge in [-0.15, -0.1) is 0 Å². The third-order valence-corrected chi connectivity index (χ3v) is 4.77. The Labute approximate surface area is 155 Å². The van der Waals surface area contributed by atoms with Crippen molar-refractivity contribution < 1.29 is 22.4 Å². The molecule has 1 fully saturated rings. The maximum absolute atomic E-state index is 13.7. The number of halogens is 4. The molecular formula is C20H20F4N2O. The first-order valence-electron chi connectivity index (χ1n) is 8.77. The molecule has 0 radical (unpaired) electrons. The summed E-state index contributed by atoms with van der Waals surface area (Å²) in [7, 11) is 0. The van der Waals surface area contributed by atoms with Crippen LogP contribution in [-0.4, -0.2) is 23.9 Å². The largest absolute Gasteiger partial charge is 0.416 e. The first kappa shape index (κ1) is 19.4. The van der Waals surface area contributed by atoms with Gasteiger partial charge in [0, 0.05) is 23.7 Å². The van der Waals surface area contributed by atoms with Gasteiger partial charge >= 0.3 is 6.18 Å². The van der Waals surface area contributed by atoms with Crippen molar-refractivity contribution in [2.75, 3.05) is 18.4 Å². The highest BCUT2D eigenvalue weighted by atomic mass is 19.4. The fraction of sp³-hybridized carbons (Fsp3) is 0.350. The van der Waals surface area contributed by atoms with E-state index in [1.54, 1.807) is 18.2 Å². The van der Waals surface area contributed by atoms with Crippen molar-refractivity contribution in [2.45, 2.75) is 25.6 Å². The fourth-order valence-corrected chi connectivity index (χ4v) is 3.24. The lowest BCUT2D eigenvalue weighted by Crippen LogP contribution is -2.37. The van der Waals surface area contributed by atoms with Crippen LogP contribution >= 0.6 is 0 Å². The van der Waals surface area contributed by atoms with Crippen molar-refractivity contribution in [3.63, 3.8) is 0 Å². The summed E-state index contributed by atoms with van der Waals surface area (Å²) in [4.78, 5) is 14.5. The second-order valence-electron chi connectivity index (χ2n) is 6.71. The first-order chi connectivity index (χ1) is 12.8. The summed E-state index contributed by atoms with van der Waals surface area (Å²) in [5, 5.41) is 2.58. The summed E-state index contributed by atoms with van der Waals surface area (Å²) in [5.74, 6) is -0.793. The van der Waals surface area contributed by atoms with E-state index >= 15 is 0 Å². The zero-order valence-corrected chi connectivity index (χ0v) is 14.6.